The molecule has 0 atom stereocenters. The molecule has 0 radical (unpaired) electrons. The number of hydrogen-bond acceptors (Lipinski definition) is 3. The number of benzene rings is 1. The maximum atomic E-state index is 12.0. The van der Waals surface area contributed by atoms with Crippen molar-refractivity contribution < 1.29 is 4.79 Å². The minimum atomic E-state index is -0.179. The van der Waals surface area contributed by atoms with Gasteiger partial charge in [-0.15, -0.1) is 0 Å². The Morgan fingerprint density at radius 3 is 2.62 bits per heavy atom. The van der Waals surface area contributed by atoms with Crippen molar-refractivity contribution in [1.29, 1.82) is 0 Å². The number of amides is 2. The molecule has 24 heavy (non-hydrogen) atoms. The van der Waals surface area contributed by atoms with Crippen molar-refractivity contribution >= 4 is 39.2 Å². The molecule has 1 heterocycles. The topological polar surface area (TPSA) is 66.0 Å². The Kier molecular flexibility index (Phi) is 5.69. The molecule has 1 aliphatic carbocycles. The van der Waals surface area contributed by atoms with Gasteiger partial charge in [0.1, 0.15) is 5.82 Å². The van der Waals surface area contributed by atoms with Gasteiger partial charge in [0.15, 0.2) is 0 Å². The van der Waals surface area contributed by atoms with Gasteiger partial charge in [-0.05, 0) is 43.2 Å². The monoisotopic (exact) mass is 388 g/mol. The minimum absolute atomic E-state index is 0.179. The summed E-state index contributed by atoms with van der Waals surface area (Å²) in [5, 5.41) is 9.08. The van der Waals surface area contributed by atoms with Crippen LogP contribution in [0, 0.1) is 0 Å². The summed E-state index contributed by atoms with van der Waals surface area (Å²) in [5.41, 5.74) is 1.84. The van der Waals surface area contributed by atoms with Crippen LogP contribution in [0.15, 0.2) is 47.1 Å². The highest BCUT2D eigenvalue weighted by Crippen LogP contribution is 2.21. The van der Waals surface area contributed by atoms with Gasteiger partial charge in [-0.25, -0.2) is 9.78 Å². The number of anilines is 3. The van der Waals surface area contributed by atoms with E-state index in [4.69, 9.17) is 0 Å². The molecule has 1 fully saturated rings. The fourth-order valence-electron chi connectivity index (χ4n) is 2.86. The van der Waals surface area contributed by atoms with Crippen molar-refractivity contribution in [2.24, 2.45) is 0 Å². The number of carbonyl (C=O) groups excluding carboxylic acids is 1. The normalized spacial score (nSPS) is 14.9. The lowest BCUT2D eigenvalue weighted by Gasteiger charge is -2.22. The van der Waals surface area contributed by atoms with Gasteiger partial charge < -0.3 is 10.6 Å². The first-order valence-electron chi connectivity index (χ1n) is 8.25. The SMILES string of the molecule is O=C(Nc1ccc(Nc2cccc(Br)c2)cn1)NC1CCCCC1. The highest BCUT2D eigenvalue weighted by atomic mass is 79.9. The zero-order valence-electron chi connectivity index (χ0n) is 13.4. The zero-order valence-corrected chi connectivity index (χ0v) is 15.0. The molecule has 3 N–H and O–H groups in total. The molecule has 5 nitrogen and oxygen atoms in total. The highest BCUT2D eigenvalue weighted by Gasteiger charge is 2.15. The molecule has 1 aliphatic rings. The number of nitrogens with one attached hydrogen (secondary N) is 3. The van der Waals surface area contributed by atoms with Crippen LogP contribution in [0.2, 0.25) is 0 Å². The predicted molar refractivity (Wildman–Crippen MR) is 101 cm³/mol. The van der Waals surface area contributed by atoms with E-state index in [1.54, 1.807) is 12.3 Å². The Hall–Kier alpha value is -2.08. The van der Waals surface area contributed by atoms with Crippen molar-refractivity contribution in [3.63, 3.8) is 0 Å². The molecule has 1 saturated carbocycles. The molecule has 0 bridgehead atoms. The number of carbonyl (C=O) groups is 1. The van der Waals surface area contributed by atoms with Gasteiger partial charge in [-0.2, -0.15) is 0 Å². The minimum Gasteiger partial charge on any atom is -0.354 e. The first kappa shape index (κ1) is 16.8. The summed E-state index contributed by atoms with van der Waals surface area (Å²) in [7, 11) is 0. The van der Waals surface area contributed by atoms with E-state index in [0.29, 0.717) is 5.82 Å². The molecule has 126 valence electrons. The van der Waals surface area contributed by atoms with Crippen molar-refractivity contribution in [1.82, 2.24) is 10.3 Å². The van der Waals surface area contributed by atoms with Crippen molar-refractivity contribution in [3.8, 4) is 0 Å². The molecular weight excluding hydrogens is 368 g/mol. The zero-order chi connectivity index (χ0) is 16.8. The van der Waals surface area contributed by atoms with Crippen molar-refractivity contribution in [3.05, 3.63) is 47.1 Å². The lowest BCUT2D eigenvalue weighted by Crippen LogP contribution is -2.39. The van der Waals surface area contributed by atoms with E-state index in [1.165, 1.54) is 19.3 Å². The standard InChI is InChI=1S/C18H21BrN4O/c19-13-5-4-8-15(11-13)21-16-9-10-17(20-12-16)23-18(24)22-14-6-2-1-3-7-14/h4-5,8-12,14,21H,1-3,6-7H2,(H2,20,22,23,24). The molecule has 0 aliphatic heterocycles. The molecule has 3 rings (SSSR count). The van der Waals surface area contributed by atoms with Crippen LogP contribution >= 0.6 is 15.9 Å². The van der Waals surface area contributed by atoms with Gasteiger partial charge in [0.2, 0.25) is 0 Å². The van der Waals surface area contributed by atoms with Crippen molar-refractivity contribution in [2.75, 3.05) is 10.6 Å². The van der Waals surface area contributed by atoms with Crippen LogP contribution in [0.25, 0.3) is 0 Å². The Balaban J connectivity index is 1.53. The van der Waals surface area contributed by atoms with Crippen LogP contribution in [0.4, 0.5) is 22.0 Å². The van der Waals surface area contributed by atoms with Crippen LogP contribution in [0.1, 0.15) is 32.1 Å². The van der Waals surface area contributed by atoms with Gasteiger partial charge in [0.05, 0.1) is 11.9 Å². The number of pyridine rings is 1. The Morgan fingerprint density at radius 2 is 1.92 bits per heavy atom. The van der Waals surface area contributed by atoms with E-state index in [1.807, 2.05) is 30.3 Å². The first-order valence-corrected chi connectivity index (χ1v) is 9.04. The summed E-state index contributed by atoms with van der Waals surface area (Å²) in [5.74, 6) is 0.545. The van der Waals surface area contributed by atoms with E-state index in [9.17, 15) is 4.79 Å². The molecule has 2 amide bonds. The summed E-state index contributed by atoms with van der Waals surface area (Å²) < 4.78 is 1.01. The molecule has 0 unspecified atom stereocenters. The molecular formula is C18H21BrN4O. The van der Waals surface area contributed by atoms with Crippen molar-refractivity contribution in [2.45, 2.75) is 38.1 Å². The quantitative estimate of drug-likeness (QED) is 0.686. The van der Waals surface area contributed by atoms with E-state index in [-0.39, 0.29) is 12.1 Å². The third kappa shape index (κ3) is 4.96. The summed E-state index contributed by atoms with van der Waals surface area (Å²) in [6.45, 7) is 0. The predicted octanol–water partition coefficient (Wildman–Crippen LogP) is 5.04. The lowest BCUT2D eigenvalue weighted by atomic mass is 9.96. The van der Waals surface area contributed by atoms with Gasteiger partial charge in [-0.1, -0.05) is 41.3 Å². The average Bonchev–Trinajstić information content (AvgIpc) is 2.57. The highest BCUT2D eigenvalue weighted by molar-refractivity contribution is 9.10. The maximum Gasteiger partial charge on any atom is 0.320 e. The largest absolute Gasteiger partial charge is 0.354 e. The lowest BCUT2D eigenvalue weighted by molar-refractivity contribution is 0.244. The second-order valence-corrected chi connectivity index (χ2v) is 6.92. The summed E-state index contributed by atoms with van der Waals surface area (Å²) in [6, 6.07) is 11.7. The molecule has 0 saturated heterocycles. The van der Waals surface area contributed by atoms with Gasteiger partial charge in [0, 0.05) is 16.2 Å². The van der Waals surface area contributed by atoms with Crippen LogP contribution in [0.3, 0.4) is 0 Å². The molecule has 1 aromatic carbocycles. The maximum absolute atomic E-state index is 12.0. The molecule has 1 aromatic heterocycles. The van der Waals surface area contributed by atoms with Gasteiger partial charge in [0.25, 0.3) is 0 Å². The fraction of sp³-hybridized carbons (Fsp3) is 0.333. The smallest absolute Gasteiger partial charge is 0.320 e. The molecule has 2 aromatic rings. The number of halogens is 1. The summed E-state index contributed by atoms with van der Waals surface area (Å²) in [6.07, 6.45) is 7.50. The van der Waals surface area contributed by atoms with Crippen LogP contribution in [0.5, 0.6) is 0 Å². The second-order valence-electron chi connectivity index (χ2n) is 6.00. The Labute approximate surface area is 150 Å². The van der Waals surface area contributed by atoms with E-state index < -0.39 is 0 Å². The van der Waals surface area contributed by atoms with Gasteiger partial charge >= 0.3 is 6.03 Å². The van der Waals surface area contributed by atoms with Crippen LogP contribution < -0.4 is 16.0 Å². The third-order valence-corrected chi connectivity index (χ3v) is 4.55. The number of aromatic nitrogens is 1. The van der Waals surface area contributed by atoms with E-state index in [0.717, 1.165) is 28.7 Å². The van der Waals surface area contributed by atoms with Gasteiger partial charge in [-0.3, -0.25) is 5.32 Å². The first-order chi connectivity index (χ1) is 11.7. The van der Waals surface area contributed by atoms with Crippen LogP contribution in [-0.2, 0) is 0 Å². The average molecular weight is 389 g/mol. The third-order valence-electron chi connectivity index (χ3n) is 4.06. The number of rotatable bonds is 4. The number of hydrogen-bond donors (Lipinski definition) is 3. The Bertz CT molecular complexity index is 684. The number of urea groups is 1. The number of nitrogens with zero attached hydrogens (tertiary/aromatic N) is 1. The fourth-order valence-corrected chi connectivity index (χ4v) is 3.26. The van der Waals surface area contributed by atoms with E-state index >= 15 is 0 Å². The van der Waals surface area contributed by atoms with Crippen LogP contribution in [-0.4, -0.2) is 17.1 Å². The molecule has 0 spiro atoms. The summed E-state index contributed by atoms with van der Waals surface area (Å²) in [4.78, 5) is 16.3. The summed E-state index contributed by atoms with van der Waals surface area (Å²) >= 11 is 3.44. The molecule has 6 heteroatoms. The Morgan fingerprint density at radius 1 is 1.08 bits per heavy atom. The van der Waals surface area contributed by atoms with E-state index in [2.05, 4.69) is 36.9 Å². The second kappa shape index (κ2) is 8.15.